The van der Waals surface area contributed by atoms with E-state index in [0.717, 1.165) is 16.7 Å². The van der Waals surface area contributed by atoms with Crippen molar-refractivity contribution in [3.05, 3.63) is 89.7 Å². The number of esters is 1. The number of rotatable bonds is 6. The van der Waals surface area contributed by atoms with Crippen molar-refractivity contribution in [2.75, 3.05) is 6.61 Å². The van der Waals surface area contributed by atoms with Crippen LogP contribution in [0, 0.1) is 0 Å². The number of ketones is 1. The quantitative estimate of drug-likeness (QED) is 0.405. The Morgan fingerprint density at radius 2 is 1.68 bits per heavy atom. The first-order chi connectivity index (χ1) is 15.0. The lowest BCUT2D eigenvalue weighted by molar-refractivity contribution is -0.149. The summed E-state index contributed by atoms with van der Waals surface area (Å²) in [7, 11) is 0. The molecule has 0 N–H and O–H groups in total. The second-order valence-electron chi connectivity index (χ2n) is 7.41. The highest BCUT2D eigenvalue weighted by molar-refractivity contribution is 6.14. The highest BCUT2D eigenvalue weighted by atomic mass is 16.6. The standard InChI is InChI=1S/C26H22O5/c1-17(2)30-25(27)16-29-21-12-13-22-23(15-21)31-24(26(22)28)14-18-8-10-20(11-9-18)19-6-4-3-5-7-19/h3-15,17H,16H2,1-2H3/b24-14+. The number of hydrogen-bond donors (Lipinski definition) is 0. The molecule has 31 heavy (non-hydrogen) atoms. The van der Waals surface area contributed by atoms with Crippen LogP contribution in [0.25, 0.3) is 17.2 Å². The van der Waals surface area contributed by atoms with Crippen molar-refractivity contribution < 1.29 is 23.8 Å². The average molecular weight is 414 g/mol. The number of allylic oxidation sites excluding steroid dienone is 1. The number of benzene rings is 3. The van der Waals surface area contributed by atoms with Crippen LogP contribution in [-0.2, 0) is 9.53 Å². The van der Waals surface area contributed by atoms with Gasteiger partial charge in [-0.3, -0.25) is 4.79 Å². The second kappa shape index (κ2) is 8.88. The minimum absolute atomic E-state index is 0.187. The maximum atomic E-state index is 12.7. The van der Waals surface area contributed by atoms with E-state index in [2.05, 4.69) is 12.1 Å². The molecule has 0 aromatic heterocycles. The molecule has 0 spiro atoms. The number of carbonyl (C=O) groups excluding carboxylic acids is 2. The van der Waals surface area contributed by atoms with Crippen molar-refractivity contribution in [1.29, 1.82) is 0 Å². The van der Waals surface area contributed by atoms with Gasteiger partial charge in [-0.1, -0.05) is 54.6 Å². The van der Waals surface area contributed by atoms with Crippen molar-refractivity contribution in [2.24, 2.45) is 0 Å². The van der Waals surface area contributed by atoms with E-state index < -0.39 is 5.97 Å². The minimum Gasteiger partial charge on any atom is -0.482 e. The van der Waals surface area contributed by atoms with Crippen LogP contribution < -0.4 is 9.47 Å². The zero-order valence-electron chi connectivity index (χ0n) is 17.3. The number of ether oxygens (including phenoxy) is 3. The van der Waals surface area contributed by atoms with Gasteiger partial charge in [0.2, 0.25) is 5.78 Å². The van der Waals surface area contributed by atoms with Gasteiger partial charge in [-0.05, 0) is 48.7 Å². The minimum atomic E-state index is -0.452. The summed E-state index contributed by atoms with van der Waals surface area (Å²) in [5.41, 5.74) is 3.56. The molecular weight excluding hydrogens is 392 g/mol. The molecule has 0 unspecified atom stereocenters. The third-order valence-corrected chi connectivity index (χ3v) is 4.68. The molecule has 3 aromatic rings. The van der Waals surface area contributed by atoms with Crippen molar-refractivity contribution >= 4 is 17.8 Å². The van der Waals surface area contributed by atoms with Crippen LogP contribution in [0.2, 0.25) is 0 Å². The van der Waals surface area contributed by atoms with Crippen LogP contribution in [0.4, 0.5) is 0 Å². The summed E-state index contributed by atoms with van der Waals surface area (Å²) in [6.07, 6.45) is 1.52. The predicted molar refractivity (Wildman–Crippen MR) is 118 cm³/mol. The summed E-state index contributed by atoms with van der Waals surface area (Å²) < 4.78 is 16.3. The topological polar surface area (TPSA) is 61.8 Å². The number of Topliss-reactive ketones (excluding diaryl/α,β-unsaturated/α-hetero) is 1. The van der Waals surface area contributed by atoms with Gasteiger partial charge >= 0.3 is 5.97 Å². The number of carbonyl (C=O) groups is 2. The summed E-state index contributed by atoms with van der Waals surface area (Å²) in [6.45, 7) is 3.34. The Kier molecular flexibility index (Phi) is 5.85. The van der Waals surface area contributed by atoms with Crippen LogP contribution in [0.1, 0.15) is 29.8 Å². The van der Waals surface area contributed by atoms with E-state index in [1.54, 1.807) is 38.1 Å². The first-order valence-electron chi connectivity index (χ1n) is 10.1. The molecule has 5 nitrogen and oxygen atoms in total. The summed E-state index contributed by atoms with van der Waals surface area (Å²) >= 11 is 0. The molecular formula is C26H22O5. The molecule has 0 fully saturated rings. The molecule has 3 aromatic carbocycles. The van der Waals surface area contributed by atoms with Crippen LogP contribution in [0.3, 0.4) is 0 Å². The van der Waals surface area contributed by atoms with Gasteiger partial charge in [0.1, 0.15) is 11.5 Å². The molecule has 0 aliphatic carbocycles. The highest BCUT2D eigenvalue weighted by Crippen LogP contribution is 2.35. The third-order valence-electron chi connectivity index (χ3n) is 4.68. The van der Waals surface area contributed by atoms with E-state index in [-0.39, 0.29) is 24.3 Å². The molecule has 0 saturated carbocycles. The molecule has 1 aliphatic heterocycles. The van der Waals surface area contributed by atoms with Crippen molar-refractivity contribution in [2.45, 2.75) is 20.0 Å². The van der Waals surface area contributed by atoms with Gasteiger partial charge in [0.05, 0.1) is 11.7 Å². The van der Waals surface area contributed by atoms with Crippen molar-refractivity contribution in [1.82, 2.24) is 0 Å². The van der Waals surface area contributed by atoms with E-state index in [1.807, 2.05) is 42.5 Å². The van der Waals surface area contributed by atoms with E-state index >= 15 is 0 Å². The van der Waals surface area contributed by atoms with E-state index in [4.69, 9.17) is 14.2 Å². The van der Waals surface area contributed by atoms with Crippen molar-refractivity contribution in [3.8, 4) is 22.6 Å². The van der Waals surface area contributed by atoms with Crippen LogP contribution in [0.15, 0.2) is 78.6 Å². The highest BCUT2D eigenvalue weighted by Gasteiger charge is 2.27. The average Bonchev–Trinajstić information content (AvgIpc) is 3.07. The van der Waals surface area contributed by atoms with Crippen molar-refractivity contribution in [3.63, 3.8) is 0 Å². The number of fused-ring (bicyclic) bond motifs is 1. The zero-order valence-corrected chi connectivity index (χ0v) is 17.3. The molecule has 5 heteroatoms. The van der Waals surface area contributed by atoms with Gasteiger partial charge in [-0.25, -0.2) is 4.79 Å². The maximum absolute atomic E-state index is 12.7. The fraction of sp³-hybridized carbons (Fsp3) is 0.154. The largest absolute Gasteiger partial charge is 0.482 e. The van der Waals surface area contributed by atoms with Crippen LogP contribution >= 0.6 is 0 Å². The number of hydrogen-bond acceptors (Lipinski definition) is 5. The van der Waals surface area contributed by atoms with Gasteiger partial charge in [0.25, 0.3) is 0 Å². The first kappa shape index (κ1) is 20.4. The molecule has 0 bridgehead atoms. The lowest BCUT2D eigenvalue weighted by atomic mass is 10.0. The van der Waals surface area contributed by atoms with E-state index in [0.29, 0.717) is 17.1 Å². The fourth-order valence-electron chi connectivity index (χ4n) is 3.25. The Labute approximate surface area is 180 Å². The molecule has 0 saturated heterocycles. The van der Waals surface area contributed by atoms with E-state index in [1.165, 1.54) is 0 Å². The molecule has 0 atom stereocenters. The van der Waals surface area contributed by atoms with Gasteiger partial charge in [-0.2, -0.15) is 0 Å². The summed E-state index contributed by atoms with van der Waals surface area (Å²) in [5, 5.41) is 0. The second-order valence-corrected chi connectivity index (χ2v) is 7.41. The SMILES string of the molecule is CC(C)OC(=O)COc1ccc2c(c1)O/C(=C/c1ccc(-c3ccccc3)cc1)C2=O. The molecule has 4 rings (SSSR count). The summed E-state index contributed by atoms with van der Waals surface area (Å²) in [6, 6.07) is 22.9. The Morgan fingerprint density at radius 1 is 0.968 bits per heavy atom. The predicted octanol–water partition coefficient (Wildman–Crippen LogP) is 5.30. The smallest absolute Gasteiger partial charge is 0.344 e. The molecule has 1 aliphatic rings. The van der Waals surface area contributed by atoms with Gasteiger partial charge in [-0.15, -0.1) is 0 Å². The molecule has 0 radical (unpaired) electrons. The lowest BCUT2D eigenvalue weighted by Gasteiger charge is -2.09. The molecule has 156 valence electrons. The normalized spacial score (nSPS) is 13.8. The zero-order chi connectivity index (χ0) is 21.8. The van der Waals surface area contributed by atoms with E-state index in [9.17, 15) is 9.59 Å². The lowest BCUT2D eigenvalue weighted by Crippen LogP contribution is -2.18. The maximum Gasteiger partial charge on any atom is 0.344 e. The fourth-order valence-corrected chi connectivity index (χ4v) is 3.25. The summed E-state index contributed by atoms with van der Waals surface area (Å²) in [4.78, 5) is 24.3. The third kappa shape index (κ3) is 4.83. The monoisotopic (exact) mass is 414 g/mol. The Balaban J connectivity index is 1.46. The molecule has 1 heterocycles. The Morgan fingerprint density at radius 3 is 2.39 bits per heavy atom. The summed E-state index contributed by atoms with van der Waals surface area (Å²) in [5.74, 6) is 0.450. The Hall–Kier alpha value is -3.86. The Bertz CT molecular complexity index is 1130. The van der Waals surface area contributed by atoms with Gasteiger partial charge in [0.15, 0.2) is 12.4 Å². The van der Waals surface area contributed by atoms with Gasteiger partial charge in [0, 0.05) is 6.07 Å². The van der Waals surface area contributed by atoms with Crippen LogP contribution in [-0.4, -0.2) is 24.5 Å². The first-order valence-corrected chi connectivity index (χ1v) is 10.1. The van der Waals surface area contributed by atoms with Gasteiger partial charge < -0.3 is 14.2 Å². The van der Waals surface area contributed by atoms with Crippen LogP contribution in [0.5, 0.6) is 11.5 Å². The molecule has 0 amide bonds.